The Balaban J connectivity index is 1.88. The first-order valence-corrected chi connectivity index (χ1v) is 8.40. The van der Waals surface area contributed by atoms with Crippen LogP contribution in [0.15, 0.2) is 53.5 Å². The lowest BCUT2D eigenvalue weighted by molar-refractivity contribution is -0.130. The maximum absolute atomic E-state index is 12.8. The Labute approximate surface area is 160 Å². The highest BCUT2D eigenvalue weighted by atomic mass is 32.1. The number of rotatable bonds is 4. The number of aliphatic imine (C=N–C) groups is 1. The minimum absolute atomic E-state index is 0.00591. The van der Waals surface area contributed by atoms with Gasteiger partial charge in [0.2, 0.25) is 5.91 Å². The van der Waals surface area contributed by atoms with Crippen LogP contribution < -0.4 is 10.2 Å². The molecule has 2 amide bonds. The van der Waals surface area contributed by atoms with Crippen molar-refractivity contribution in [1.82, 2.24) is 5.32 Å². The third-order valence-corrected chi connectivity index (χ3v) is 4.24. The molecule has 1 aliphatic heterocycles. The summed E-state index contributed by atoms with van der Waals surface area (Å²) < 4.78 is 0. The molecule has 0 aromatic heterocycles. The smallest absolute Gasteiger partial charge is 0.335 e. The summed E-state index contributed by atoms with van der Waals surface area (Å²) in [5, 5.41) is 11.5. The van der Waals surface area contributed by atoms with Crippen LogP contribution in [-0.2, 0) is 9.59 Å². The van der Waals surface area contributed by atoms with E-state index in [-0.39, 0.29) is 10.7 Å². The second kappa shape index (κ2) is 7.46. The molecule has 0 radical (unpaired) electrons. The highest BCUT2D eigenvalue weighted by molar-refractivity contribution is 7.80. The summed E-state index contributed by atoms with van der Waals surface area (Å²) in [6, 6.07) is 13.0. The number of amides is 2. The summed E-state index contributed by atoms with van der Waals surface area (Å²) in [6.45, 7) is 1.92. The number of nitrogens with one attached hydrogen (secondary N) is 1. The van der Waals surface area contributed by atoms with Gasteiger partial charge in [-0.15, -0.1) is 0 Å². The Bertz CT molecular complexity index is 969. The number of thiocarbonyl (C=S) groups is 1. The average molecular weight is 381 g/mol. The van der Waals surface area contributed by atoms with E-state index in [0.717, 1.165) is 5.56 Å². The van der Waals surface area contributed by atoms with Crippen molar-refractivity contribution in [2.45, 2.75) is 6.92 Å². The first-order chi connectivity index (χ1) is 12.9. The highest BCUT2D eigenvalue weighted by Gasteiger charge is 2.38. The van der Waals surface area contributed by atoms with E-state index in [1.807, 2.05) is 19.1 Å². The molecule has 2 aromatic carbocycles. The number of carboxylic acids is 1. The lowest BCUT2D eigenvalue weighted by Gasteiger charge is -2.30. The van der Waals surface area contributed by atoms with E-state index >= 15 is 0 Å². The Morgan fingerprint density at radius 2 is 1.93 bits per heavy atom. The van der Waals surface area contributed by atoms with Crippen molar-refractivity contribution in [3.05, 3.63) is 59.7 Å². The Morgan fingerprint density at radius 1 is 1.22 bits per heavy atom. The fraction of sp³-hybridized carbons (Fsp3) is 0.105. The first kappa shape index (κ1) is 18.4. The minimum atomic E-state index is -1.17. The zero-order valence-electron chi connectivity index (χ0n) is 14.2. The molecule has 0 spiro atoms. The van der Waals surface area contributed by atoms with Gasteiger partial charge in [0.1, 0.15) is 0 Å². The van der Waals surface area contributed by atoms with Gasteiger partial charge in [-0.2, -0.15) is 0 Å². The van der Waals surface area contributed by atoms with Gasteiger partial charge in [-0.3, -0.25) is 19.5 Å². The van der Waals surface area contributed by atoms with Crippen LogP contribution >= 0.6 is 12.2 Å². The topological polar surface area (TPSA) is 99.1 Å². The van der Waals surface area contributed by atoms with Gasteiger partial charge in [0.15, 0.2) is 11.0 Å². The monoisotopic (exact) mass is 381 g/mol. The molecular weight excluding hydrogens is 366 g/mol. The standard InChI is InChI=1S/C19H15N3O4S/c1-11-5-7-14(8-6-11)22-17(24)15(16(23)21-19(22)27)10-20-13-4-2-3-12(9-13)18(25)26/h2-10,15H,1H3,(H,25,26)(H,21,23,27)/t15-/m1/s1. The summed E-state index contributed by atoms with van der Waals surface area (Å²) in [6.07, 6.45) is 1.20. The van der Waals surface area contributed by atoms with Crippen molar-refractivity contribution >= 4 is 52.7 Å². The van der Waals surface area contributed by atoms with Gasteiger partial charge in [-0.25, -0.2) is 4.79 Å². The van der Waals surface area contributed by atoms with Crippen molar-refractivity contribution in [3.8, 4) is 0 Å². The molecule has 2 N–H and O–H groups in total. The number of aryl methyl sites for hydroxylation is 1. The molecule has 1 fully saturated rings. The SMILES string of the molecule is Cc1ccc(N2C(=O)[C@H](C=Nc3cccc(C(=O)O)c3)C(=O)NC2=S)cc1. The molecule has 3 rings (SSSR count). The van der Waals surface area contributed by atoms with Crippen molar-refractivity contribution in [3.63, 3.8) is 0 Å². The van der Waals surface area contributed by atoms with E-state index in [0.29, 0.717) is 11.4 Å². The Morgan fingerprint density at radius 3 is 2.59 bits per heavy atom. The predicted octanol–water partition coefficient (Wildman–Crippen LogP) is 2.46. The van der Waals surface area contributed by atoms with Crippen LogP contribution in [0.2, 0.25) is 0 Å². The number of nitrogens with zero attached hydrogens (tertiary/aromatic N) is 2. The van der Waals surface area contributed by atoms with Crippen LogP contribution in [0.25, 0.3) is 0 Å². The fourth-order valence-electron chi connectivity index (χ4n) is 2.54. The summed E-state index contributed by atoms with van der Waals surface area (Å²) >= 11 is 5.14. The zero-order valence-corrected chi connectivity index (χ0v) is 15.1. The Kier molecular flexibility index (Phi) is 5.09. The summed E-state index contributed by atoms with van der Waals surface area (Å²) in [5.41, 5.74) is 1.95. The molecule has 1 heterocycles. The third-order valence-electron chi connectivity index (χ3n) is 3.96. The van der Waals surface area contributed by atoms with Gasteiger partial charge in [-0.05, 0) is 49.5 Å². The molecule has 136 valence electrons. The third kappa shape index (κ3) is 3.90. The van der Waals surface area contributed by atoms with Crippen LogP contribution in [-0.4, -0.2) is 34.2 Å². The van der Waals surface area contributed by atoms with Gasteiger partial charge in [0.25, 0.3) is 5.91 Å². The van der Waals surface area contributed by atoms with Crippen molar-refractivity contribution in [2.75, 3.05) is 4.90 Å². The van der Waals surface area contributed by atoms with Crippen LogP contribution in [0.1, 0.15) is 15.9 Å². The molecule has 7 nitrogen and oxygen atoms in total. The number of anilines is 1. The molecule has 1 atom stereocenters. The predicted molar refractivity (Wildman–Crippen MR) is 104 cm³/mol. The molecule has 1 aliphatic rings. The zero-order chi connectivity index (χ0) is 19.6. The van der Waals surface area contributed by atoms with E-state index in [2.05, 4.69) is 10.3 Å². The van der Waals surface area contributed by atoms with E-state index in [1.54, 1.807) is 18.2 Å². The van der Waals surface area contributed by atoms with Crippen molar-refractivity contribution < 1.29 is 19.5 Å². The van der Waals surface area contributed by atoms with E-state index < -0.39 is 23.7 Å². The van der Waals surface area contributed by atoms with Gasteiger partial charge >= 0.3 is 5.97 Å². The second-order valence-electron chi connectivity index (χ2n) is 5.91. The summed E-state index contributed by atoms with van der Waals surface area (Å²) in [7, 11) is 0. The van der Waals surface area contributed by atoms with Crippen LogP contribution in [0.5, 0.6) is 0 Å². The second-order valence-corrected chi connectivity index (χ2v) is 6.30. The van der Waals surface area contributed by atoms with E-state index in [4.69, 9.17) is 17.3 Å². The number of benzene rings is 2. The maximum Gasteiger partial charge on any atom is 0.335 e. The molecule has 0 saturated carbocycles. The van der Waals surface area contributed by atoms with E-state index in [9.17, 15) is 14.4 Å². The molecule has 1 saturated heterocycles. The molecular formula is C19H15N3O4S. The largest absolute Gasteiger partial charge is 0.478 e. The van der Waals surface area contributed by atoms with Gasteiger partial charge in [0.05, 0.1) is 16.9 Å². The fourth-order valence-corrected chi connectivity index (χ4v) is 2.84. The maximum atomic E-state index is 12.8. The summed E-state index contributed by atoms with van der Waals surface area (Å²) in [5.74, 6) is -3.36. The number of carboxylic acid groups (broad SMARTS) is 1. The average Bonchev–Trinajstić information content (AvgIpc) is 2.63. The number of carbonyl (C=O) groups excluding carboxylic acids is 2. The lowest BCUT2D eigenvalue weighted by atomic mass is 10.1. The number of hydrogen-bond donors (Lipinski definition) is 2. The number of hydrogen-bond acceptors (Lipinski definition) is 5. The van der Waals surface area contributed by atoms with Gasteiger partial charge in [-0.1, -0.05) is 23.8 Å². The van der Waals surface area contributed by atoms with E-state index in [1.165, 1.54) is 29.3 Å². The quantitative estimate of drug-likeness (QED) is 0.482. The molecule has 2 aromatic rings. The number of aromatic carboxylic acids is 1. The van der Waals surface area contributed by atoms with Crippen LogP contribution in [0, 0.1) is 12.8 Å². The molecule has 8 heteroatoms. The normalized spacial score (nSPS) is 17.3. The number of carbonyl (C=O) groups is 3. The molecule has 0 unspecified atom stereocenters. The van der Waals surface area contributed by atoms with Crippen LogP contribution in [0.3, 0.4) is 0 Å². The highest BCUT2D eigenvalue weighted by Crippen LogP contribution is 2.22. The van der Waals surface area contributed by atoms with Gasteiger partial charge < -0.3 is 10.4 Å². The van der Waals surface area contributed by atoms with Crippen molar-refractivity contribution in [2.24, 2.45) is 10.9 Å². The van der Waals surface area contributed by atoms with Crippen LogP contribution in [0.4, 0.5) is 11.4 Å². The van der Waals surface area contributed by atoms with Gasteiger partial charge in [0, 0.05) is 6.21 Å². The minimum Gasteiger partial charge on any atom is -0.478 e. The Hall–Kier alpha value is -3.39. The molecule has 0 aliphatic carbocycles. The molecule has 27 heavy (non-hydrogen) atoms. The van der Waals surface area contributed by atoms with Crippen molar-refractivity contribution in [1.29, 1.82) is 0 Å². The molecule has 0 bridgehead atoms. The summed E-state index contributed by atoms with van der Waals surface area (Å²) in [4.78, 5) is 41.4. The lowest BCUT2D eigenvalue weighted by Crippen LogP contribution is -2.58. The first-order valence-electron chi connectivity index (χ1n) is 8.00.